The number of methoxy groups -OCH3 is 1. The molecule has 10 heteroatoms. The SMILES string of the molecule is CCOc1cc([C@@H]2NC(=O)N(C)C(C)=C2C(=O)OCCOC)ccc1OC(F)F. The van der Waals surface area contributed by atoms with E-state index in [1.165, 1.54) is 37.3 Å². The van der Waals surface area contributed by atoms with Gasteiger partial charge in [-0.1, -0.05) is 6.07 Å². The normalized spacial score (nSPS) is 16.7. The Kier molecular flexibility index (Phi) is 7.77. The van der Waals surface area contributed by atoms with Crippen LogP contribution in [0, 0.1) is 0 Å². The van der Waals surface area contributed by atoms with Crippen LogP contribution < -0.4 is 14.8 Å². The van der Waals surface area contributed by atoms with Crippen molar-refractivity contribution in [1.29, 1.82) is 0 Å². The first-order chi connectivity index (χ1) is 13.8. The smallest absolute Gasteiger partial charge is 0.387 e. The van der Waals surface area contributed by atoms with E-state index >= 15 is 0 Å². The van der Waals surface area contributed by atoms with E-state index in [0.29, 0.717) is 11.3 Å². The number of amides is 2. The van der Waals surface area contributed by atoms with Gasteiger partial charge in [-0.15, -0.1) is 0 Å². The summed E-state index contributed by atoms with van der Waals surface area (Å²) in [5.74, 6) is -0.694. The number of benzene rings is 1. The van der Waals surface area contributed by atoms with Crippen molar-refractivity contribution in [2.24, 2.45) is 0 Å². The van der Waals surface area contributed by atoms with Gasteiger partial charge in [0.1, 0.15) is 6.61 Å². The summed E-state index contributed by atoms with van der Waals surface area (Å²) in [5, 5.41) is 2.72. The zero-order chi connectivity index (χ0) is 21.6. The van der Waals surface area contributed by atoms with Crippen LogP contribution >= 0.6 is 0 Å². The van der Waals surface area contributed by atoms with Gasteiger partial charge in [0.2, 0.25) is 0 Å². The second-order valence-electron chi connectivity index (χ2n) is 6.09. The predicted octanol–water partition coefficient (Wildman–Crippen LogP) is 2.85. The third kappa shape index (κ3) is 5.35. The molecule has 0 radical (unpaired) electrons. The summed E-state index contributed by atoms with van der Waals surface area (Å²) in [6.07, 6.45) is 0. The number of rotatable bonds is 9. The molecule has 1 N–H and O–H groups in total. The van der Waals surface area contributed by atoms with Crippen molar-refractivity contribution < 1.29 is 37.3 Å². The maximum absolute atomic E-state index is 12.7. The summed E-state index contributed by atoms with van der Waals surface area (Å²) >= 11 is 0. The molecule has 29 heavy (non-hydrogen) atoms. The maximum Gasteiger partial charge on any atom is 0.387 e. The third-order valence-corrected chi connectivity index (χ3v) is 4.31. The molecule has 0 aromatic heterocycles. The molecule has 160 valence electrons. The van der Waals surface area contributed by atoms with Crippen LogP contribution in [0.5, 0.6) is 11.5 Å². The first-order valence-corrected chi connectivity index (χ1v) is 8.92. The van der Waals surface area contributed by atoms with Crippen LogP contribution in [0.1, 0.15) is 25.5 Å². The zero-order valence-corrected chi connectivity index (χ0v) is 16.7. The molecule has 1 aromatic rings. The minimum atomic E-state index is -3.02. The van der Waals surface area contributed by atoms with Crippen LogP contribution in [0.3, 0.4) is 0 Å². The number of urea groups is 1. The van der Waals surface area contributed by atoms with Gasteiger partial charge >= 0.3 is 18.6 Å². The van der Waals surface area contributed by atoms with Gasteiger partial charge in [-0.05, 0) is 31.5 Å². The van der Waals surface area contributed by atoms with Gasteiger partial charge in [-0.2, -0.15) is 8.78 Å². The Morgan fingerprint density at radius 3 is 2.62 bits per heavy atom. The summed E-state index contributed by atoms with van der Waals surface area (Å²) in [5.41, 5.74) is 1.08. The highest BCUT2D eigenvalue weighted by molar-refractivity contribution is 5.95. The Bertz CT molecular complexity index is 784. The molecule has 0 spiro atoms. The van der Waals surface area contributed by atoms with Crippen LogP contribution in [-0.4, -0.2) is 57.5 Å². The third-order valence-electron chi connectivity index (χ3n) is 4.31. The monoisotopic (exact) mass is 414 g/mol. The van der Waals surface area contributed by atoms with Crippen molar-refractivity contribution >= 4 is 12.0 Å². The van der Waals surface area contributed by atoms with Gasteiger partial charge in [0.25, 0.3) is 0 Å². The van der Waals surface area contributed by atoms with Crippen molar-refractivity contribution in [3.63, 3.8) is 0 Å². The summed E-state index contributed by atoms with van der Waals surface area (Å²) in [7, 11) is 3.00. The summed E-state index contributed by atoms with van der Waals surface area (Å²) in [4.78, 5) is 26.3. The lowest BCUT2D eigenvalue weighted by atomic mass is 9.94. The van der Waals surface area contributed by atoms with E-state index in [1.54, 1.807) is 13.8 Å². The van der Waals surface area contributed by atoms with Gasteiger partial charge in [0.05, 0.1) is 24.8 Å². The van der Waals surface area contributed by atoms with E-state index in [0.717, 1.165) is 0 Å². The Labute approximate surface area is 167 Å². The van der Waals surface area contributed by atoms with Crippen LogP contribution in [0.15, 0.2) is 29.5 Å². The minimum Gasteiger partial charge on any atom is -0.490 e. The number of nitrogens with one attached hydrogen (secondary N) is 1. The molecule has 8 nitrogen and oxygen atoms in total. The molecule has 0 fully saturated rings. The number of halogens is 2. The lowest BCUT2D eigenvalue weighted by Gasteiger charge is -2.33. The number of hydrogen-bond acceptors (Lipinski definition) is 6. The van der Waals surface area contributed by atoms with E-state index in [-0.39, 0.29) is 36.9 Å². The van der Waals surface area contributed by atoms with Crippen molar-refractivity contribution in [3.8, 4) is 11.5 Å². The van der Waals surface area contributed by atoms with Crippen molar-refractivity contribution in [3.05, 3.63) is 35.0 Å². The topological polar surface area (TPSA) is 86.3 Å². The fourth-order valence-corrected chi connectivity index (χ4v) is 2.81. The number of carbonyl (C=O) groups is 2. The quantitative estimate of drug-likeness (QED) is 0.494. The van der Waals surface area contributed by atoms with Gasteiger partial charge in [0.15, 0.2) is 11.5 Å². The Balaban J connectivity index is 2.44. The highest BCUT2D eigenvalue weighted by Crippen LogP contribution is 2.36. The van der Waals surface area contributed by atoms with Crippen LogP contribution in [0.2, 0.25) is 0 Å². The molecule has 1 aliphatic rings. The lowest BCUT2D eigenvalue weighted by molar-refractivity contribution is -0.140. The van der Waals surface area contributed by atoms with Crippen LogP contribution in [0.25, 0.3) is 0 Å². The van der Waals surface area contributed by atoms with Crippen molar-refractivity contribution in [2.45, 2.75) is 26.5 Å². The number of alkyl halides is 2. The van der Waals surface area contributed by atoms with Gasteiger partial charge in [-0.3, -0.25) is 0 Å². The zero-order valence-electron chi connectivity index (χ0n) is 16.7. The Morgan fingerprint density at radius 1 is 1.28 bits per heavy atom. The Hall–Kier alpha value is -2.88. The average molecular weight is 414 g/mol. The van der Waals surface area contributed by atoms with Crippen molar-refractivity contribution in [1.82, 2.24) is 10.2 Å². The largest absolute Gasteiger partial charge is 0.490 e. The van der Waals surface area contributed by atoms with E-state index in [1.807, 2.05) is 0 Å². The molecular weight excluding hydrogens is 390 g/mol. The minimum absolute atomic E-state index is 0.0435. The highest BCUT2D eigenvalue weighted by atomic mass is 19.3. The fourth-order valence-electron chi connectivity index (χ4n) is 2.81. The van der Waals surface area contributed by atoms with Crippen LogP contribution in [-0.2, 0) is 14.3 Å². The number of hydrogen-bond donors (Lipinski definition) is 1. The number of carbonyl (C=O) groups excluding carboxylic acids is 2. The standard InChI is InChI=1S/C19H24F2N2O6/c1-5-27-14-10-12(6-7-13(14)29-18(20)21)16-15(17(24)28-9-8-26-4)11(2)23(3)19(25)22-16/h6-7,10,16,18H,5,8-9H2,1-4H3,(H,22,25)/t16-/m0/s1. The van der Waals surface area contributed by atoms with E-state index in [2.05, 4.69) is 10.1 Å². The molecule has 1 heterocycles. The number of allylic oxidation sites excluding steroid dienone is 1. The second-order valence-corrected chi connectivity index (χ2v) is 6.09. The molecule has 1 atom stereocenters. The van der Waals surface area contributed by atoms with Gasteiger partial charge < -0.3 is 29.2 Å². The molecule has 2 rings (SSSR count). The summed E-state index contributed by atoms with van der Waals surface area (Å²) < 4.78 is 45.2. The van der Waals surface area contributed by atoms with Crippen molar-refractivity contribution in [2.75, 3.05) is 34.0 Å². The summed E-state index contributed by atoms with van der Waals surface area (Å²) in [6.45, 7) is 0.774. The molecule has 2 amide bonds. The predicted molar refractivity (Wildman–Crippen MR) is 98.8 cm³/mol. The van der Waals surface area contributed by atoms with E-state index in [9.17, 15) is 18.4 Å². The Morgan fingerprint density at radius 2 is 2.00 bits per heavy atom. The molecule has 1 aromatic carbocycles. The van der Waals surface area contributed by atoms with Gasteiger partial charge in [-0.25, -0.2) is 9.59 Å². The average Bonchev–Trinajstić information content (AvgIpc) is 2.67. The van der Waals surface area contributed by atoms with Gasteiger partial charge in [0, 0.05) is 19.9 Å². The number of nitrogens with zero attached hydrogens (tertiary/aromatic N) is 1. The number of esters is 1. The number of ether oxygens (including phenoxy) is 4. The molecule has 1 aliphatic heterocycles. The maximum atomic E-state index is 12.7. The molecule has 0 unspecified atom stereocenters. The molecular formula is C19H24F2N2O6. The highest BCUT2D eigenvalue weighted by Gasteiger charge is 2.35. The van der Waals surface area contributed by atoms with E-state index < -0.39 is 24.7 Å². The molecule has 0 bridgehead atoms. The molecule has 0 saturated heterocycles. The molecule has 0 saturated carbocycles. The van der Waals surface area contributed by atoms with E-state index in [4.69, 9.17) is 14.2 Å². The molecule has 0 aliphatic carbocycles. The fraction of sp³-hybridized carbons (Fsp3) is 0.474. The first-order valence-electron chi connectivity index (χ1n) is 8.92. The summed E-state index contributed by atoms with van der Waals surface area (Å²) in [6, 6.07) is 2.96. The van der Waals surface area contributed by atoms with Crippen LogP contribution in [0.4, 0.5) is 13.6 Å². The lowest BCUT2D eigenvalue weighted by Crippen LogP contribution is -2.46. The first kappa shape index (κ1) is 22.4. The second kappa shape index (κ2) is 10.1.